The lowest BCUT2D eigenvalue weighted by atomic mass is 9.80. The van der Waals surface area contributed by atoms with E-state index in [0.29, 0.717) is 18.4 Å². The summed E-state index contributed by atoms with van der Waals surface area (Å²) < 4.78 is 6.05. The van der Waals surface area contributed by atoms with Gasteiger partial charge in [-0.15, -0.1) is 0 Å². The lowest BCUT2D eigenvalue weighted by Crippen LogP contribution is -2.43. The molecule has 4 heteroatoms. The molecule has 0 aromatic heterocycles. The first-order chi connectivity index (χ1) is 9.75. The minimum absolute atomic E-state index is 0.00228. The van der Waals surface area contributed by atoms with E-state index in [0.717, 1.165) is 12.0 Å². The molecule has 0 unspecified atom stereocenters. The molecule has 5 rings (SSSR count). The van der Waals surface area contributed by atoms with E-state index in [1.54, 1.807) is 0 Å². The van der Waals surface area contributed by atoms with Crippen LogP contribution in [0.5, 0.6) is 0 Å². The van der Waals surface area contributed by atoms with Crippen molar-refractivity contribution in [3.05, 3.63) is 35.9 Å². The molecule has 0 spiro atoms. The van der Waals surface area contributed by atoms with Crippen LogP contribution >= 0.6 is 0 Å². The fourth-order valence-electron chi connectivity index (χ4n) is 5.09. The Balaban J connectivity index is 1.49. The van der Waals surface area contributed by atoms with Crippen LogP contribution in [0.4, 0.5) is 0 Å². The molecule has 2 bridgehead atoms. The van der Waals surface area contributed by atoms with Crippen molar-refractivity contribution in [2.75, 3.05) is 0 Å². The number of ether oxygens (including phenoxy) is 1. The fraction of sp³-hybridized carbons (Fsp3) is 0.562. The molecule has 4 fully saturated rings. The highest BCUT2D eigenvalue weighted by atomic mass is 16.5. The number of hydrogen-bond donors (Lipinski definition) is 1. The Hall–Kier alpha value is -1.39. The molecular weight excluding hydrogens is 254 g/mol. The summed E-state index contributed by atoms with van der Waals surface area (Å²) in [6.45, 7) is 0.625. The number of fused-ring (bicyclic) bond motifs is 2. The largest absolute Gasteiger partial charge is 0.390 e. The zero-order valence-electron chi connectivity index (χ0n) is 11.1. The highest BCUT2D eigenvalue weighted by Gasteiger charge is 2.72. The molecule has 2 heterocycles. The monoisotopic (exact) mass is 271 g/mol. The Morgan fingerprint density at radius 3 is 2.85 bits per heavy atom. The second-order valence-corrected chi connectivity index (χ2v) is 6.60. The number of aliphatic hydroxyl groups excluding tert-OH is 1. The van der Waals surface area contributed by atoms with Crippen LogP contribution in [-0.2, 0) is 16.1 Å². The lowest BCUT2D eigenvalue weighted by Gasteiger charge is -2.30. The van der Waals surface area contributed by atoms with Gasteiger partial charge in [0.15, 0.2) is 0 Å². The van der Waals surface area contributed by atoms with Crippen LogP contribution in [0.15, 0.2) is 30.3 Å². The van der Waals surface area contributed by atoms with Crippen LogP contribution in [0.2, 0.25) is 0 Å². The second-order valence-electron chi connectivity index (χ2n) is 6.60. The van der Waals surface area contributed by atoms with Crippen molar-refractivity contribution in [2.45, 2.75) is 31.4 Å². The van der Waals surface area contributed by atoms with Crippen molar-refractivity contribution >= 4 is 5.91 Å². The highest BCUT2D eigenvalue weighted by Crippen LogP contribution is 2.63. The van der Waals surface area contributed by atoms with Gasteiger partial charge in [-0.2, -0.15) is 0 Å². The zero-order valence-corrected chi connectivity index (χ0v) is 11.1. The van der Waals surface area contributed by atoms with E-state index in [1.165, 1.54) is 0 Å². The van der Waals surface area contributed by atoms with Gasteiger partial charge in [0.1, 0.15) is 6.23 Å². The Morgan fingerprint density at radius 1 is 1.25 bits per heavy atom. The van der Waals surface area contributed by atoms with Crippen molar-refractivity contribution in [3.63, 3.8) is 0 Å². The Bertz CT molecular complexity index is 574. The molecule has 2 saturated carbocycles. The van der Waals surface area contributed by atoms with Crippen LogP contribution < -0.4 is 0 Å². The van der Waals surface area contributed by atoms with Gasteiger partial charge in [0.2, 0.25) is 5.91 Å². The first kappa shape index (κ1) is 11.3. The van der Waals surface area contributed by atoms with E-state index >= 15 is 0 Å². The van der Waals surface area contributed by atoms with E-state index in [2.05, 4.69) is 0 Å². The molecule has 2 aliphatic carbocycles. The number of likely N-dealkylation sites (tertiary alicyclic amines) is 1. The molecule has 0 radical (unpaired) electrons. The Kier molecular flexibility index (Phi) is 2.05. The molecular formula is C16H17NO3. The SMILES string of the molecule is O=C1[C@@H]2[C@H]3C[C@H]4[C@H](O[C@H]([C@H]42)N1Cc1ccccc1)[C@H]3O. The molecule has 2 aliphatic heterocycles. The van der Waals surface area contributed by atoms with Gasteiger partial charge in [0.25, 0.3) is 0 Å². The number of benzene rings is 1. The van der Waals surface area contributed by atoms with Gasteiger partial charge in [-0.25, -0.2) is 0 Å². The van der Waals surface area contributed by atoms with E-state index in [1.807, 2.05) is 35.2 Å². The average molecular weight is 271 g/mol. The topological polar surface area (TPSA) is 49.8 Å². The summed E-state index contributed by atoms with van der Waals surface area (Å²) >= 11 is 0. The first-order valence-corrected chi connectivity index (χ1v) is 7.43. The molecule has 104 valence electrons. The second kappa shape index (κ2) is 3.62. The fourth-order valence-corrected chi connectivity index (χ4v) is 5.09. The third-order valence-corrected chi connectivity index (χ3v) is 5.81. The standard InChI is InChI=1S/C16H17NO3/c18-13-9-6-10-12-11(9)15(19)17(16(12)20-14(10)13)7-8-4-2-1-3-5-8/h1-5,9-14,16,18H,6-7H2/t9-,10-,11-,12-,13+,14+,16-/m1/s1. The summed E-state index contributed by atoms with van der Waals surface area (Å²) in [6.07, 6.45) is 0.416. The van der Waals surface area contributed by atoms with Crippen molar-refractivity contribution in [3.8, 4) is 0 Å². The molecule has 1 aromatic rings. The third kappa shape index (κ3) is 1.18. The quantitative estimate of drug-likeness (QED) is 0.873. The van der Waals surface area contributed by atoms with Gasteiger partial charge in [-0.05, 0) is 23.8 Å². The minimum atomic E-state index is -0.422. The summed E-state index contributed by atoms with van der Waals surface area (Å²) in [7, 11) is 0. The summed E-state index contributed by atoms with van der Waals surface area (Å²) in [5.74, 6) is 1.05. The maximum absolute atomic E-state index is 12.7. The molecule has 1 aromatic carbocycles. The van der Waals surface area contributed by atoms with Gasteiger partial charge in [-0.1, -0.05) is 30.3 Å². The molecule has 2 saturated heterocycles. The highest BCUT2D eigenvalue weighted by molar-refractivity contribution is 5.83. The van der Waals surface area contributed by atoms with Crippen LogP contribution in [0.1, 0.15) is 12.0 Å². The van der Waals surface area contributed by atoms with E-state index in [4.69, 9.17) is 4.74 Å². The summed E-state index contributed by atoms with van der Waals surface area (Å²) in [6, 6.07) is 10.1. The summed E-state index contributed by atoms with van der Waals surface area (Å²) in [5.41, 5.74) is 1.14. The van der Waals surface area contributed by atoms with Crippen LogP contribution in [0.3, 0.4) is 0 Å². The van der Waals surface area contributed by atoms with Gasteiger partial charge < -0.3 is 14.7 Å². The van der Waals surface area contributed by atoms with Crippen molar-refractivity contribution in [1.82, 2.24) is 4.90 Å². The van der Waals surface area contributed by atoms with Crippen molar-refractivity contribution in [2.24, 2.45) is 23.7 Å². The smallest absolute Gasteiger partial charge is 0.228 e. The molecule has 20 heavy (non-hydrogen) atoms. The molecule has 7 atom stereocenters. The number of nitrogens with zero attached hydrogens (tertiary/aromatic N) is 1. The van der Waals surface area contributed by atoms with Gasteiger partial charge in [-0.3, -0.25) is 4.79 Å². The Morgan fingerprint density at radius 2 is 2.05 bits per heavy atom. The van der Waals surface area contributed by atoms with Gasteiger partial charge in [0, 0.05) is 12.5 Å². The number of hydrogen-bond acceptors (Lipinski definition) is 3. The zero-order chi connectivity index (χ0) is 13.4. The maximum Gasteiger partial charge on any atom is 0.228 e. The van der Waals surface area contributed by atoms with Crippen LogP contribution in [0, 0.1) is 23.7 Å². The predicted octanol–water partition coefficient (Wildman–Crippen LogP) is 0.997. The molecule has 1 amide bonds. The van der Waals surface area contributed by atoms with E-state index in [9.17, 15) is 9.90 Å². The maximum atomic E-state index is 12.7. The number of carbonyl (C=O) groups excluding carboxylic acids is 1. The number of rotatable bonds is 2. The Labute approximate surface area is 117 Å². The molecule has 4 nitrogen and oxygen atoms in total. The summed E-state index contributed by atoms with van der Waals surface area (Å²) in [5, 5.41) is 10.2. The minimum Gasteiger partial charge on any atom is -0.390 e. The van der Waals surface area contributed by atoms with Gasteiger partial charge in [0.05, 0.1) is 18.1 Å². The molecule has 4 aliphatic rings. The van der Waals surface area contributed by atoms with Crippen molar-refractivity contribution < 1.29 is 14.6 Å². The number of amides is 1. The van der Waals surface area contributed by atoms with Crippen molar-refractivity contribution in [1.29, 1.82) is 0 Å². The van der Waals surface area contributed by atoms with Gasteiger partial charge >= 0.3 is 0 Å². The number of aliphatic hydroxyl groups is 1. The summed E-state index contributed by atoms with van der Waals surface area (Å²) in [4.78, 5) is 14.6. The third-order valence-electron chi connectivity index (χ3n) is 5.81. The normalized spacial score (nSPS) is 47.5. The average Bonchev–Trinajstić information content (AvgIpc) is 3.12. The molecule has 1 N–H and O–H groups in total. The lowest BCUT2D eigenvalue weighted by molar-refractivity contribution is -0.152. The predicted molar refractivity (Wildman–Crippen MR) is 70.2 cm³/mol. The van der Waals surface area contributed by atoms with E-state index in [-0.39, 0.29) is 30.1 Å². The van der Waals surface area contributed by atoms with Crippen LogP contribution in [-0.4, -0.2) is 34.3 Å². The first-order valence-electron chi connectivity index (χ1n) is 7.43. The van der Waals surface area contributed by atoms with E-state index < -0.39 is 6.10 Å². The van der Waals surface area contributed by atoms with Crippen LogP contribution in [0.25, 0.3) is 0 Å². The number of carbonyl (C=O) groups is 1.